The van der Waals surface area contributed by atoms with Crippen LogP contribution in [0.25, 0.3) is 0 Å². The van der Waals surface area contributed by atoms with Gasteiger partial charge in [-0.05, 0) is 42.9 Å². The van der Waals surface area contributed by atoms with Crippen molar-refractivity contribution in [2.45, 2.75) is 46.1 Å². The Balaban J connectivity index is 2.14. The van der Waals surface area contributed by atoms with E-state index >= 15 is 0 Å². The number of rotatable bonds is 0. The van der Waals surface area contributed by atoms with E-state index in [1.54, 1.807) is 0 Å². The van der Waals surface area contributed by atoms with E-state index in [1.807, 2.05) is 6.92 Å². The van der Waals surface area contributed by atoms with Gasteiger partial charge in [0.05, 0.1) is 5.60 Å². The Labute approximate surface area is 75.2 Å². The average molecular weight is 168 g/mol. The van der Waals surface area contributed by atoms with E-state index in [1.165, 1.54) is 6.42 Å². The van der Waals surface area contributed by atoms with Crippen molar-refractivity contribution in [3.8, 4) is 0 Å². The quantitative estimate of drug-likeness (QED) is 0.589. The van der Waals surface area contributed by atoms with Gasteiger partial charge in [-0.3, -0.25) is 0 Å². The van der Waals surface area contributed by atoms with E-state index in [9.17, 15) is 5.11 Å². The smallest absolute Gasteiger partial charge is 0.0648 e. The first-order valence-corrected chi connectivity index (χ1v) is 5.08. The van der Waals surface area contributed by atoms with Gasteiger partial charge in [-0.2, -0.15) is 0 Å². The molecular formula is C11H20O. The van der Waals surface area contributed by atoms with Gasteiger partial charge in [0.15, 0.2) is 0 Å². The maximum Gasteiger partial charge on any atom is 0.0648 e. The van der Waals surface area contributed by atoms with Gasteiger partial charge in [-0.1, -0.05) is 20.8 Å². The largest absolute Gasteiger partial charge is 0.390 e. The molecule has 0 heterocycles. The standard InChI is InChI=1S/C11H20O/c1-7-5-8-9(10(8,2)3)6-11(7,4)12/h7-9,12H,5-6H2,1-4H3/t7?,8-,9+,11?/m1/s1. The highest BCUT2D eigenvalue weighted by Gasteiger charge is 2.62. The molecule has 70 valence electrons. The zero-order valence-corrected chi connectivity index (χ0v) is 8.59. The minimum atomic E-state index is -0.394. The van der Waals surface area contributed by atoms with Crippen molar-refractivity contribution in [1.82, 2.24) is 0 Å². The van der Waals surface area contributed by atoms with Gasteiger partial charge < -0.3 is 5.11 Å². The van der Waals surface area contributed by atoms with Crippen molar-refractivity contribution in [3.05, 3.63) is 0 Å². The Kier molecular flexibility index (Phi) is 1.47. The average Bonchev–Trinajstić information content (AvgIpc) is 2.37. The van der Waals surface area contributed by atoms with Crippen LogP contribution in [0, 0.1) is 23.2 Å². The molecule has 2 saturated carbocycles. The van der Waals surface area contributed by atoms with Gasteiger partial charge >= 0.3 is 0 Å². The van der Waals surface area contributed by atoms with Crippen LogP contribution < -0.4 is 0 Å². The molecule has 0 spiro atoms. The van der Waals surface area contributed by atoms with Gasteiger partial charge in [-0.15, -0.1) is 0 Å². The van der Waals surface area contributed by atoms with Crippen LogP contribution in [0.15, 0.2) is 0 Å². The second-order valence-corrected chi connectivity index (χ2v) is 5.73. The molecule has 0 radical (unpaired) electrons. The van der Waals surface area contributed by atoms with Gasteiger partial charge in [-0.25, -0.2) is 0 Å². The molecule has 2 unspecified atom stereocenters. The number of hydrogen-bond acceptors (Lipinski definition) is 1. The topological polar surface area (TPSA) is 20.2 Å². The second-order valence-electron chi connectivity index (χ2n) is 5.73. The fourth-order valence-corrected chi connectivity index (χ4v) is 3.01. The van der Waals surface area contributed by atoms with E-state index in [2.05, 4.69) is 20.8 Å². The Hall–Kier alpha value is -0.0400. The first-order valence-electron chi connectivity index (χ1n) is 5.08. The SMILES string of the molecule is CC1C[C@@H]2[C@H](CC1(C)O)C2(C)C. The van der Waals surface area contributed by atoms with Crippen molar-refractivity contribution in [3.63, 3.8) is 0 Å². The lowest BCUT2D eigenvalue weighted by atomic mass is 9.78. The van der Waals surface area contributed by atoms with E-state index < -0.39 is 5.60 Å². The Bertz CT molecular complexity index is 205. The molecule has 0 aromatic rings. The van der Waals surface area contributed by atoms with Gasteiger partial charge in [0.2, 0.25) is 0 Å². The molecular weight excluding hydrogens is 148 g/mol. The third-order valence-corrected chi connectivity index (χ3v) is 4.59. The molecule has 2 aliphatic carbocycles. The number of fused-ring (bicyclic) bond motifs is 1. The first kappa shape index (κ1) is 8.55. The molecule has 1 N–H and O–H groups in total. The summed E-state index contributed by atoms with van der Waals surface area (Å²) >= 11 is 0. The van der Waals surface area contributed by atoms with Crippen molar-refractivity contribution in [2.24, 2.45) is 23.2 Å². The fraction of sp³-hybridized carbons (Fsp3) is 1.00. The summed E-state index contributed by atoms with van der Waals surface area (Å²) in [4.78, 5) is 0. The zero-order valence-electron chi connectivity index (χ0n) is 8.59. The monoisotopic (exact) mass is 168 g/mol. The third kappa shape index (κ3) is 0.953. The van der Waals surface area contributed by atoms with Crippen LogP contribution in [0.2, 0.25) is 0 Å². The molecule has 0 aromatic carbocycles. The maximum atomic E-state index is 10.1. The van der Waals surface area contributed by atoms with Crippen molar-refractivity contribution in [1.29, 1.82) is 0 Å². The molecule has 1 nitrogen and oxygen atoms in total. The second kappa shape index (κ2) is 2.06. The Morgan fingerprint density at radius 1 is 1.17 bits per heavy atom. The molecule has 0 aromatic heterocycles. The minimum Gasteiger partial charge on any atom is -0.390 e. The fourth-order valence-electron chi connectivity index (χ4n) is 3.01. The molecule has 12 heavy (non-hydrogen) atoms. The van der Waals surface area contributed by atoms with Crippen LogP contribution in [0.4, 0.5) is 0 Å². The number of aliphatic hydroxyl groups is 1. The first-order chi connectivity index (χ1) is 5.36. The van der Waals surface area contributed by atoms with E-state index in [-0.39, 0.29) is 0 Å². The Morgan fingerprint density at radius 3 is 2.25 bits per heavy atom. The molecule has 0 saturated heterocycles. The predicted molar refractivity (Wildman–Crippen MR) is 49.8 cm³/mol. The Morgan fingerprint density at radius 2 is 1.75 bits per heavy atom. The van der Waals surface area contributed by atoms with Gasteiger partial charge in [0.25, 0.3) is 0 Å². The summed E-state index contributed by atoms with van der Waals surface area (Å²) in [6, 6.07) is 0. The number of hydrogen-bond donors (Lipinski definition) is 1. The van der Waals surface area contributed by atoms with Crippen LogP contribution in [0.3, 0.4) is 0 Å². The molecule has 1 heteroatoms. The summed E-state index contributed by atoms with van der Waals surface area (Å²) < 4.78 is 0. The molecule has 0 aliphatic heterocycles. The van der Waals surface area contributed by atoms with E-state index in [4.69, 9.17) is 0 Å². The van der Waals surface area contributed by atoms with Crippen LogP contribution in [-0.2, 0) is 0 Å². The minimum absolute atomic E-state index is 0.394. The normalized spacial score (nSPS) is 56.2. The summed E-state index contributed by atoms with van der Waals surface area (Å²) in [7, 11) is 0. The molecule has 2 rings (SSSR count). The van der Waals surface area contributed by atoms with E-state index in [0.717, 1.165) is 18.3 Å². The maximum absolute atomic E-state index is 10.1. The van der Waals surface area contributed by atoms with Crippen LogP contribution in [0.1, 0.15) is 40.5 Å². The lowest BCUT2D eigenvalue weighted by molar-refractivity contribution is -0.0278. The summed E-state index contributed by atoms with van der Waals surface area (Å²) in [6.07, 6.45) is 2.25. The molecule has 4 atom stereocenters. The summed E-state index contributed by atoms with van der Waals surface area (Å²) in [5.41, 5.74) is 0.129. The van der Waals surface area contributed by atoms with Crippen molar-refractivity contribution >= 4 is 0 Å². The zero-order chi connectivity index (χ0) is 9.15. The summed E-state index contributed by atoms with van der Waals surface area (Å²) in [5, 5.41) is 10.1. The summed E-state index contributed by atoms with van der Waals surface area (Å²) in [6.45, 7) is 8.87. The van der Waals surface area contributed by atoms with Crippen molar-refractivity contribution in [2.75, 3.05) is 0 Å². The highest BCUT2D eigenvalue weighted by molar-refractivity contribution is 5.11. The highest BCUT2D eigenvalue weighted by atomic mass is 16.3. The van der Waals surface area contributed by atoms with Crippen molar-refractivity contribution < 1.29 is 5.11 Å². The van der Waals surface area contributed by atoms with Gasteiger partial charge in [0.1, 0.15) is 0 Å². The molecule has 2 fully saturated rings. The predicted octanol–water partition coefficient (Wildman–Crippen LogP) is 2.44. The van der Waals surface area contributed by atoms with Gasteiger partial charge in [0, 0.05) is 0 Å². The van der Waals surface area contributed by atoms with Crippen LogP contribution in [-0.4, -0.2) is 10.7 Å². The highest BCUT2D eigenvalue weighted by Crippen LogP contribution is 2.67. The molecule has 0 bridgehead atoms. The lowest BCUT2D eigenvalue weighted by Crippen LogP contribution is -2.36. The van der Waals surface area contributed by atoms with Crippen LogP contribution >= 0.6 is 0 Å². The molecule has 2 aliphatic rings. The summed E-state index contributed by atoms with van der Waals surface area (Å²) in [5.74, 6) is 2.18. The lowest BCUT2D eigenvalue weighted by Gasteiger charge is -2.34. The molecule has 0 amide bonds. The van der Waals surface area contributed by atoms with Crippen LogP contribution in [0.5, 0.6) is 0 Å². The third-order valence-electron chi connectivity index (χ3n) is 4.59. The van der Waals surface area contributed by atoms with E-state index in [0.29, 0.717) is 11.3 Å².